The van der Waals surface area contributed by atoms with Gasteiger partial charge in [-0.05, 0) is 49.1 Å². The number of anilines is 1. The van der Waals surface area contributed by atoms with E-state index in [1.807, 2.05) is 19.1 Å². The van der Waals surface area contributed by atoms with Gasteiger partial charge in [0.1, 0.15) is 11.5 Å². The highest BCUT2D eigenvalue weighted by Crippen LogP contribution is 2.29. The monoisotopic (exact) mass is 430 g/mol. The van der Waals surface area contributed by atoms with Crippen molar-refractivity contribution < 1.29 is 28.7 Å². The average Bonchev–Trinajstić information content (AvgIpc) is 2.71. The highest BCUT2D eigenvalue weighted by Gasteiger charge is 2.21. The molecule has 1 N–H and O–H groups in total. The minimum atomic E-state index is -1.15. The van der Waals surface area contributed by atoms with Crippen LogP contribution in [0.2, 0.25) is 0 Å². The molecule has 2 aromatic carbocycles. The number of nitro benzene ring substituents is 1. The topological polar surface area (TPSA) is 117 Å². The van der Waals surface area contributed by atoms with Crippen molar-refractivity contribution in [2.75, 3.05) is 19.0 Å². The van der Waals surface area contributed by atoms with E-state index in [1.54, 1.807) is 6.07 Å². The third kappa shape index (κ3) is 6.43. The lowest BCUT2D eigenvalue weighted by molar-refractivity contribution is -0.384. The Morgan fingerprint density at radius 3 is 2.42 bits per heavy atom. The van der Waals surface area contributed by atoms with Gasteiger partial charge in [-0.3, -0.25) is 14.9 Å². The Kier molecular flexibility index (Phi) is 7.95. The molecular weight excluding hydrogens is 404 g/mol. The number of rotatable bonds is 9. The van der Waals surface area contributed by atoms with Crippen LogP contribution < -0.4 is 14.8 Å². The zero-order chi connectivity index (χ0) is 23.1. The van der Waals surface area contributed by atoms with Crippen molar-refractivity contribution in [3.8, 4) is 11.5 Å². The first-order valence-corrected chi connectivity index (χ1v) is 9.68. The molecule has 0 radical (unpaired) electrons. The second-order valence-corrected chi connectivity index (χ2v) is 7.22. The molecule has 1 atom stereocenters. The number of non-ortho nitro benzene ring substituents is 1. The van der Waals surface area contributed by atoms with Crippen LogP contribution in [-0.4, -0.2) is 36.6 Å². The smallest absolute Gasteiger partial charge is 0.344 e. The van der Waals surface area contributed by atoms with Crippen molar-refractivity contribution in [1.29, 1.82) is 0 Å². The normalized spacial score (nSPS) is 11.5. The fourth-order valence-corrected chi connectivity index (χ4v) is 2.95. The Balaban J connectivity index is 1.94. The lowest BCUT2D eigenvalue weighted by Gasteiger charge is -2.16. The van der Waals surface area contributed by atoms with Crippen molar-refractivity contribution in [2.45, 2.75) is 39.7 Å². The van der Waals surface area contributed by atoms with Crippen molar-refractivity contribution in [2.24, 2.45) is 0 Å². The van der Waals surface area contributed by atoms with Crippen molar-refractivity contribution in [3.63, 3.8) is 0 Å². The summed E-state index contributed by atoms with van der Waals surface area (Å²) < 4.78 is 15.7. The van der Waals surface area contributed by atoms with E-state index < -0.39 is 22.9 Å². The number of hydrogen-bond acceptors (Lipinski definition) is 7. The van der Waals surface area contributed by atoms with Crippen LogP contribution in [0.4, 0.5) is 11.4 Å². The quantitative estimate of drug-likeness (QED) is 0.363. The van der Waals surface area contributed by atoms with Gasteiger partial charge in [0, 0.05) is 12.1 Å². The third-order valence-electron chi connectivity index (χ3n) is 4.55. The molecule has 0 fully saturated rings. The number of amides is 1. The van der Waals surface area contributed by atoms with E-state index in [0.29, 0.717) is 11.7 Å². The molecule has 166 valence electrons. The van der Waals surface area contributed by atoms with Gasteiger partial charge in [-0.15, -0.1) is 0 Å². The number of ether oxygens (including phenoxy) is 3. The van der Waals surface area contributed by atoms with Gasteiger partial charge < -0.3 is 19.5 Å². The van der Waals surface area contributed by atoms with E-state index in [4.69, 9.17) is 14.2 Å². The van der Waals surface area contributed by atoms with Gasteiger partial charge >= 0.3 is 5.97 Å². The molecule has 0 aliphatic rings. The predicted molar refractivity (Wildman–Crippen MR) is 115 cm³/mol. The zero-order valence-corrected chi connectivity index (χ0v) is 18.1. The summed E-state index contributed by atoms with van der Waals surface area (Å²) in [5, 5.41) is 13.4. The highest BCUT2D eigenvalue weighted by atomic mass is 16.6. The molecule has 2 rings (SSSR count). The molecule has 0 bridgehead atoms. The number of methoxy groups -OCH3 is 1. The van der Waals surface area contributed by atoms with Crippen molar-refractivity contribution in [1.82, 2.24) is 0 Å². The molecule has 0 spiro atoms. The molecule has 1 unspecified atom stereocenters. The van der Waals surface area contributed by atoms with E-state index in [-0.39, 0.29) is 23.7 Å². The molecule has 0 heterocycles. The van der Waals surface area contributed by atoms with Gasteiger partial charge in [-0.2, -0.15) is 0 Å². The molecule has 0 aliphatic carbocycles. The Hall–Kier alpha value is -3.62. The zero-order valence-electron chi connectivity index (χ0n) is 18.1. The van der Waals surface area contributed by atoms with E-state index in [0.717, 1.165) is 11.6 Å². The van der Waals surface area contributed by atoms with Gasteiger partial charge in [0.05, 0.1) is 17.7 Å². The largest absolute Gasteiger partial charge is 0.495 e. The van der Waals surface area contributed by atoms with Crippen LogP contribution in [0.25, 0.3) is 0 Å². The van der Waals surface area contributed by atoms with Gasteiger partial charge in [0.25, 0.3) is 11.6 Å². The van der Waals surface area contributed by atoms with E-state index in [1.165, 1.54) is 31.7 Å². The first kappa shape index (κ1) is 23.7. The van der Waals surface area contributed by atoms with Gasteiger partial charge in [-0.1, -0.05) is 19.9 Å². The molecule has 2 aromatic rings. The number of carbonyl (C=O) groups is 2. The molecule has 1 amide bonds. The van der Waals surface area contributed by atoms with Crippen LogP contribution in [0.1, 0.15) is 37.8 Å². The summed E-state index contributed by atoms with van der Waals surface area (Å²) in [4.78, 5) is 34.8. The number of carbonyl (C=O) groups excluding carboxylic acids is 2. The van der Waals surface area contributed by atoms with E-state index in [9.17, 15) is 19.7 Å². The Morgan fingerprint density at radius 2 is 1.84 bits per heavy atom. The summed E-state index contributed by atoms with van der Waals surface area (Å²) in [5.41, 5.74) is 2.13. The van der Waals surface area contributed by atoms with Crippen LogP contribution in [0.3, 0.4) is 0 Å². The first-order chi connectivity index (χ1) is 14.6. The summed E-state index contributed by atoms with van der Waals surface area (Å²) in [6.07, 6.45) is -1.15. The summed E-state index contributed by atoms with van der Waals surface area (Å²) in [6, 6.07) is 9.35. The minimum absolute atomic E-state index is 0.0987. The number of aryl methyl sites for hydroxylation is 1. The fourth-order valence-electron chi connectivity index (χ4n) is 2.95. The summed E-state index contributed by atoms with van der Waals surface area (Å²) in [6.45, 7) is 7.18. The number of nitro groups is 1. The van der Waals surface area contributed by atoms with Crippen molar-refractivity contribution >= 4 is 23.3 Å². The van der Waals surface area contributed by atoms with Gasteiger partial charge in [0.15, 0.2) is 12.7 Å². The van der Waals surface area contributed by atoms with Gasteiger partial charge in [-0.25, -0.2) is 4.79 Å². The summed E-state index contributed by atoms with van der Waals surface area (Å²) in [5.74, 6) is -0.245. The van der Waals surface area contributed by atoms with Crippen LogP contribution in [0.15, 0.2) is 36.4 Å². The third-order valence-corrected chi connectivity index (χ3v) is 4.55. The molecule has 9 heteroatoms. The molecule has 0 aliphatic heterocycles. The number of hydrogen-bond donors (Lipinski definition) is 1. The number of benzene rings is 2. The molecule has 0 aromatic heterocycles. The lowest BCUT2D eigenvalue weighted by atomic mass is 9.98. The highest BCUT2D eigenvalue weighted by molar-refractivity contribution is 5.96. The standard InChI is InChI=1S/C22H26N2O7/c1-13(2)18-8-7-17(10-14(18)3)30-12-21(25)31-15(4)22(26)23-19-11-16(24(27)28)6-9-20(19)29-5/h6-11,13,15H,12H2,1-5H3,(H,23,26). The van der Waals surface area contributed by atoms with Crippen LogP contribution >= 0.6 is 0 Å². The number of esters is 1. The van der Waals surface area contributed by atoms with Gasteiger partial charge in [0.2, 0.25) is 0 Å². The maximum absolute atomic E-state index is 12.4. The maximum Gasteiger partial charge on any atom is 0.344 e. The van der Waals surface area contributed by atoms with E-state index >= 15 is 0 Å². The first-order valence-electron chi connectivity index (χ1n) is 9.68. The van der Waals surface area contributed by atoms with Crippen LogP contribution in [-0.2, 0) is 14.3 Å². The summed E-state index contributed by atoms with van der Waals surface area (Å²) >= 11 is 0. The molecular formula is C22H26N2O7. The fraction of sp³-hybridized carbons (Fsp3) is 0.364. The molecule has 0 saturated carbocycles. The Morgan fingerprint density at radius 1 is 1.13 bits per heavy atom. The van der Waals surface area contributed by atoms with Crippen molar-refractivity contribution in [3.05, 3.63) is 57.6 Å². The number of nitrogens with one attached hydrogen (secondary N) is 1. The molecule has 0 saturated heterocycles. The van der Waals surface area contributed by atoms with Crippen LogP contribution in [0.5, 0.6) is 11.5 Å². The average molecular weight is 430 g/mol. The molecule has 9 nitrogen and oxygen atoms in total. The van der Waals surface area contributed by atoms with E-state index in [2.05, 4.69) is 19.2 Å². The lowest BCUT2D eigenvalue weighted by Crippen LogP contribution is -2.31. The number of nitrogens with zero attached hydrogens (tertiary/aromatic N) is 1. The predicted octanol–water partition coefficient (Wildman–Crippen LogP) is 3.98. The SMILES string of the molecule is COc1ccc([N+](=O)[O-])cc1NC(=O)C(C)OC(=O)COc1ccc(C(C)C)c(C)c1. The second kappa shape index (κ2) is 10.4. The maximum atomic E-state index is 12.4. The molecule has 31 heavy (non-hydrogen) atoms. The summed E-state index contributed by atoms with van der Waals surface area (Å²) in [7, 11) is 1.37. The second-order valence-electron chi connectivity index (χ2n) is 7.22. The Bertz CT molecular complexity index is 972. The Labute approximate surface area is 180 Å². The minimum Gasteiger partial charge on any atom is -0.495 e. The van der Waals surface area contributed by atoms with Crippen LogP contribution in [0, 0.1) is 17.0 Å².